The number of hydrogen-bond acceptors (Lipinski definition) is 0. The molecule has 16 heavy (non-hydrogen) atoms. The molecule has 0 spiro atoms. The second kappa shape index (κ2) is 4.29. The van der Waals surface area contributed by atoms with Crippen molar-refractivity contribution in [1.82, 2.24) is 0 Å². The van der Waals surface area contributed by atoms with E-state index in [0.717, 1.165) is 12.1 Å². The summed E-state index contributed by atoms with van der Waals surface area (Å²) in [5.74, 6) is -2.40. The van der Waals surface area contributed by atoms with Crippen LogP contribution in [-0.2, 0) is 0 Å². The van der Waals surface area contributed by atoms with Gasteiger partial charge in [0.05, 0.1) is 5.56 Å². The molecule has 0 nitrogen and oxygen atoms in total. The standard InChI is InChI=1S/C12H5BrF3/c13-7-5-10(15)12(11(16)6-7)8-3-1-2-4-9(8)14/h1-3,5-6H. The summed E-state index contributed by atoms with van der Waals surface area (Å²) in [6.07, 6.45) is 0. The highest BCUT2D eigenvalue weighted by Crippen LogP contribution is 2.30. The van der Waals surface area contributed by atoms with Crippen LogP contribution in [0, 0.1) is 23.5 Å². The van der Waals surface area contributed by atoms with E-state index in [4.69, 9.17) is 0 Å². The summed E-state index contributed by atoms with van der Waals surface area (Å²) in [6, 6.07) is 8.55. The Labute approximate surface area is 98.9 Å². The van der Waals surface area contributed by atoms with Gasteiger partial charge in [-0.3, -0.25) is 0 Å². The number of halogens is 4. The second-order valence-corrected chi connectivity index (χ2v) is 4.06. The van der Waals surface area contributed by atoms with Gasteiger partial charge < -0.3 is 0 Å². The molecule has 81 valence electrons. The van der Waals surface area contributed by atoms with E-state index in [2.05, 4.69) is 22.0 Å². The molecule has 2 rings (SSSR count). The molecule has 0 fully saturated rings. The van der Waals surface area contributed by atoms with Gasteiger partial charge in [0, 0.05) is 16.1 Å². The fraction of sp³-hybridized carbons (Fsp3) is 0. The summed E-state index contributed by atoms with van der Waals surface area (Å²) in [6.45, 7) is 0. The minimum absolute atomic E-state index is 0.134. The number of hydrogen-bond donors (Lipinski definition) is 0. The fourth-order valence-corrected chi connectivity index (χ4v) is 1.81. The van der Waals surface area contributed by atoms with Gasteiger partial charge in [-0.15, -0.1) is 0 Å². The summed E-state index contributed by atoms with van der Waals surface area (Å²) in [7, 11) is 0. The van der Waals surface area contributed by atoms with Crippen LogP contribution < -0.4 is 0 Å². The van der Waals surface area contributed by atoms with Crippen LogP contribution in [0.15, 0.2) is 34.8 Å². The third kappa shape index (κ3) is 1.97. The van der Waals surface area contributed by atoms with Gasteiger partial charge in [-0.1, -0.05) is 34.1 Å². The van der Waals surface area contributed by atoms with Crippen LogP contribution in [0.2, 0.25) is 0 Å². The van der Waals surface area contributed by atoms with Gasteiger partial charge in [0.2, 0.25) is 0 Å². The molecule has 0 bridgehead atoms. The zero-order valence-electron chi connectivity index (χ0n) is 7.90. The minimum atomic E-state index is -0.814. The van der Waals surface area contributed by atoms with Crippen LogP contribution in [0.5, 0.6) is 0 Å². The molecule has 0 aliphatic carbocycles. The van der Waals surface area contributed by atoms with Crippen molar-refractivity contribution >= 4 is 15.9 Å². The van der Waals surface area contributed by atoms with Crippen LogP contribution in [-0.4, -0.2) is 0 Å². The van der Waals surface area contributed by atoms with Crippen molar-refractivity contribution in [3.8, 4) is 11.1 Å². The Morgan fingerprint density at radius 1 is 1.06 bits per heavy atom. The van der Waals surface area contributed by atoms with E-state index >= 15 is 0 Å². The maximum atomic E-state index is 13.5. The zero-order chi connectivity index (χ0) is 11.7. The van der Waals surface area contributed by atoms with E-state index in [1.807, 2.05) is 0 Å². The highest BCUT2D eigenvalue weighted by Gasteiger charge is 2.15. The normalized spacial score (nSPS) is 10.5. The van der Waals surface area contributed by atoms with Crippen LogP contribution >= 0.6 is 15.9 Å². The summed E-state index contributed by atoms with van der Waals surface area (Å²) >= 11 is 2.96. The molecule has 0 saturated carbocycles. The van der Waals surface area contributed by atoms with Gasteiger partial charge in [-0.25, -0.2) is 13.2 Å². The molecule has 0 aliphatic heterocycles. The summed E-state index contributed by atoms with van der Waals surface area (Å²) in [5, 5.41) is 0. The largest absolute Gasteiger partial charge is 0.206 e. The molecule has 0 saturated heterocycles. The Bertz CT molecular complexity index is 515. The molecular weight excluding hydrogens is 281 g/mol. The van der Waals surface area contributed by atoms with E-state index in [9.17, 15) is 13.2 Å². The smallest absolute Gasteiger partial charge is 0.139 e. The maximum Gasteiger partial charge on any atom is 0.139 e. The zero-order valence-corrected chi connectivity index (χ0v) is 9.48. The number of rotatable bonds is 1. The van der Waals surface area contributed by atoms with Gasteiger partial charge in [-0.2, -0.15) is 0 Å². The highest BCUT2D eigenvalue weighted by molar-refractivity contribution is 9.10. The fourth-order valence-electron chi connectivity index (χ4n) is 1.41. The molecule has 0 atom stereocenters. The molecule has 0 aliphatic rings. The first kappa shape index (κ1) is 11.2. The van der Waals surface area contributed by atoms with E-state index in [-0.39, 0.29) is 15.6 Å². The Kier molecular flexibility index (Phi) is 3.01. The lowest BCUT2D eigenvalue weighted by Crippen LogP contribution is -1.93. The van der Waals surface area contributed by atoms with E-state index < -0.39 is 17.5 Å². The van der Waals surface area contributed by atoms with Crippen molar-refractivity contribution in [3.63, 3.8) is 0 Å². The molecule has 1 radical (unpaired) electrons. The maximum absolute atomic E-state index is 13.5. The molecule has 0 amide bonds. The molecule has 2 aromatic carbocycles. The number of benzene rings is 2. The van der Waals surface area contributed by atoms with Crippen molar-refractivity contribution in [2.75, 3.05) is 0 Å². The third-order valence-corrected chi connectivity index (χ3v) is 2.54. The topological polar surface area (TPSA) is 0 Å². The summed E-state index contributed by atoms with van der Waals surface area (Å²) in [5.41, 5.74) is -0.512. The molecule has 0 heterocycles. The lowest BCUT2D eigenvalue weighted by molar-refractivity contribution is 0.580. The van der Waals surface area contributed by atoms with Crippen molar-refractivity contribution in [2.24, 2.45) is 0 Å². The van der Waals surface area contributed by atoms with Gasteiger partial charge in [0.1, 0.15) is 17.5 Å². The summed E-state index contributed by atoms with van der Waals surface area (Å²) in [4.78, 5) is 0. The molecule has 0 N–H and O–H groups in total. The van der Waals surface area contributed by atoms with Gasteiger partial charge >= 0.3 is 0 Å². The van der Waals surface area contributed by atoms with Gasteiger partial charge in [0.15, 0.2) is 0 Å². The minimum Gasteiger partial charge on any atom is -0.206 e. The van der Waals surface area contributed by atoms with Gasteiger partial charge in [0.25, 0.3) is 0 Å². The average Bonchev–Trinajstić information content (AvgIpc) is 2.19. The van der Waals surface area contributed by atoms with E-state index in [1.165, 1.54) is 18.2 Å². The lowest BCUT2D eigenvalue weighted by atomic mass is 10.0. The first-order valence-electron chi connectivity index (χ1n) is 4.40. The SMILES string of the molecule is Fc1[c]cccc1-c1c(F)cc(Br)cc1F. The van der Waals surface area contributed by atoms with Crippen LogP contribution in [0.1, 0.15) is 0 Å². The van der Waals surface area contributed by atoms with Crippen LogP contribution in [0.4, 0.5) is 13.2 Å². The predicted molar refractivity (Wildman–Crippen MR) is 58.3 cm³/mol. The van der Waals surface area contributed by atoms with Crippen molar-refractivity contribution in [1.29, 1.82) is 0 Å². The van der Waals surface area contributed by atoms with Crippen molar-refractivity contribution in [2.45, 2.75) is 0 Å². The quantitative estimate of drug-likeness (QED) is 0.731. The monoisotopic (exact) mass is 285 g/mol. The first-order valence-corrected chi connectivity index (χ1v) is 5.20. The molecule has 0 aromatic heterocycles. The molecular formula is C12H5BrF3. The molecule has 2 aromatic rings. The van der Waals surface area contributed by atoms with Crippen molar-refractivity contribution in [3.05, 3.63) is 58.3 Å². The van der Waals surface area contributed by atoms with Crippen molar-refractivity contribution < 1.29 is 13.2 Å². The predicted octanol–water partition coefficient (Wildman–Crippen LogP) is 4.33. The van der Waals surface area contributed by atoms with Gasteiger partial charge in [-0.05, 0) is 12.1 Å². The molecule has 4 heteroatoms. The Balaban J connectivity index is 2.70. The van der Waals surface area contributed by atoms with E-state index in [1.54, 1.807) is 0 Å². The second-order valence-electron chi connectivity index (χ2n) is 3.14. The average molecular weight is 286 g/mol. The summed E-state index contributed by atoms with van der Waals surface area (Å²) < 4.78 is 40.7. The highest BCUT2D eigenvalue weighted by atomic mass is 79.9. The Hall–Kier alpha value is -1.29. The third-order valence-electron chi connectivity index (χ3n) is 2.08. The first-order chi connectivity index (χ1) is 7.59. The van der Waals surface area contributed by atoms with Crippen LogP contribution in [0.25, 0.3) is 11.1 Å². The Morgan fingerprint density at radius 3 is 2.25 bits per heavy atom. The van der Waals surface area contributed by atoms with E-state index in [0.29, 0.717) is 0 Å². The molecule has 0 unspecified atom stereocenters. The lowest BCUT2D eigenvalue weighted by Gasteiger charge is -2.06. The Morgan fingerprint density at radius 2 is 1.69 bits per heavy atom. The van der Waals surface area contributed by atoms with Crippen LogP contribution in [0.3, 0.4) is 0 Å².